The van der Waals surface area contributed by atoms with Gasteiger partial charge in [0, 0.05) is 13.1 Å². The minimum Gasteiger partial charge on any atom is -0.359 e. The number of sulfonamides is 1. The third-order valence-corrected chi connectivity index (χ3v) is 5.68. The maximum absolute atomic E-state index is 12.8. The average molecular weight is 373 g/mol. The van der Waals surface area contributed by atoms with Crippen molar-refractivity contribution in [2.75, 3.05) is 29.3 Å². The highest BCUT2D eigenvalue weighted by Gasteiger charge is 2.21. The van der Waals surface area contributed by atoms with Crippen LogP contribution in [0.2, 0.25) is 0 Å². The van der Waals surface area contributed by atoms with Gasteiger partial charge in [-0.05, 0) is 36.2 Å². The molecule has 1 amide bonds. The summed E-state index contributed by atoms with van der Waals surface area (Å²) in [5.41, 5.74) is 2.29. The number of hydrogen-bond acceptors (Lipinski definition) is 4. The molecule has 0 unspecified atom stereocenters. The number of para-hydroxylation sites is 2. The van der Waals surface area contributed by atoms with Gasteiger partial charge in [-0.25, -0.2) is 8.42 Å². The van der Waals surface area contributed by atoms with E-state index in [9.17, 15) is 13.2 Å². The number of carbonyl (C=O) groups excluding carboxylic acids is 1. The van der Waals surface area contributed by atoms with Crippen molar-refractivity contribution in [3.05, 3.63) is 54.1 Å². The van der Waals surface area contributed by atoms with Gasteiger partial charge in [-0.2, -0.15) is 0 Å². The van der Waals surface area contributed by atoms with Crippen LogP contribution >= 0.6 is 0 Å². The monoisotopic (exact) mass is 373 g/mol. The number of benzene rings is 2. The molecule has 1 aliphatic heterocycles. The Morgan fingerprint density at radius 3 is 2.54 bits per heavy atom. The van der Waals surface area contributed by atoms with E-state index in [1.165, 1.54) is 0 Å². The highest BCUT2D eigenvalue weighted by atomic mass is 32.2. The average Bonchev–Trinajstić information content (AvgIpc) is 2.63. The molecule has 0 atom stereocenters. The van der Waals surface area contributed by atoms with Crippen molar-refractivity contribution in [2.45, 2.75) is 24.7 Å². The van der Waals surface area contributed by atoms with Gasteiger partial charge in [0.2, 0.25) is 5.91 Å². The fraction of sp³-hybridized carbons (Fsp3) is 0.316. The van der Waals surface area contributed by atoms with Crippen LogP contribution in [0.25, 0.3) is 0 Å². The normalized spacial score (nSPS) is 14.8. The summed E-state index contributed by atoms with van der Waals surface area (Å²) in [7, 11) is -3.70. The second kappa shape index (κ2) is 7.78. The molecule has 6 nitrogen and oxygen atoms in total. The molecule has 26 heavy (non-hydrogen) atoms. The largest absolute Gasteiger partial charge is 0.359 e. The lowest BCUT2D eigenvalue weighted by molar-refractivity contribution is -0.120. The molecule has 0 aromatic heterocycles. The van der Waals surface area contributed by atoms with Crippen molar-refractivity contribution >= 4 is 27.3 Å². The van der Waals surface area contributed by atoms with Gasteiger partial charge >= 0.3 is 0 Å². The lowest BCUT2D eigenvalue weighted by atomic mass is 10.1. The van der Waals surface area contributed by atoms with Gasteiger partial charge in [-0.1, -0.05) is 37.6 Å². The number of nitrogens with zero attached hydrogens (tertiary/aromatic N) is 1. The molecule has 1 saturated heterocycles. The van der Waals surface area contributed by atoms with Crippen LogP contribution in [0.4, 0.5) is 11.4 Å². The summed E-state index contributed by atoms with van der Waals surface area (Å²) in [4.78, 5) is 13.8. The Kier molecular flexibility index (Phi) is 5.46. The zero-order valence-corrected chi connectivity index (χ0v) is 15.6. The molecular weight excluding hydrogens is 350 g/mol. The fourth-order valence-corrected chi connectivity index (χ4v) is 4.08. The Labute approximate surface area is 154 Å². The molecule has 0 spiro atoms. The van der Waals surface area contributed by atoms with Crippen LogP contribution in [0.3, 0.4) is 0 Å². The molecule has 1 aliphatic rings. The van der Waals surface area contributed by atoms with Crippen molar-refractivity contribution in [1.29, 1.82) is 0 Å². The summed E-state index contributed by atoms with van der Waals surface area (Å²) in [6.07, 6.45) is 1.94. The van der Waals surface area contributed by atoms with Gasteiger partial charge in [-0.15, -0.1) is 0 Å². The van der Waals surface area contributed by atoms with E-state index >= 15 is 0 Å². The van der Waals surface area contributed by atoms with E-state index in [2.05, 4.69) is 17.0 Å². The van der Waals surface area contributed by atoms with Crippen molar-refractivity contribution in [1.82, 2.24) is 5.32 Å². The highest BCUT2D eigenvalue weighted by Crippen LogP contribution is 2.28. The number of carbonyl (C=O) groups is 1. The molecule has 0 saturated carbocycles. The molecule has 0 bridgehead atoms. The van der Waals surface area contributed by atoms with Crippen molar-refractivity contribution in [3.8, 4) is 0 Å². The van der Waals surface area contributed by atoms with Crippen LogP contribution in [0, 0.1) is 0 Å². The molecule has 0 radical (unpaired) electrons. The molecule has 2 aromatic rings. The molecule has 2 N–H and O–H groups in total. The van der Waals surface area contributed by atoms with Crippen molar-refractivity contribution in [3.63, 3.8) is 0 Å². The van der Waals surface area contributed by atoms with Gasteiger partial charge in [0.15, 0.2) is 0 Å². The minimum atomic E-state index is -3.70. The van der Waals surface area contributed by atoms with Gasteiger partial charge in [0.1, 0.15) is 0 Å². The summed E-state index contributed by atoms with van der Waals surface area (Å²) in [6.45, 7) is 3.48. The van der Waals surface area contributed by atoms with Crippen molar-refractivity contribution < 1.29 is 13.2 Å². The Hall–Kier alpha value is -2.54. The second-order valence-electron chi connectivity index (χ2n) is 6.29. The van der Waals surface area contributed by atoms with Crippen LogP contribution < -0.4 is 14.9 Å². The fourth-order valence-electron chi connectivity index (χ4n) is 3.01. The van der Waals surface area contributed by atoms with E-state index in [1.807, 2.05) is 29.2 Å². The number of rotatable bonds is 6. The van der Waals surface area contributed by atoms with E-state index in [4.69, 9.17) is 0 Å². The van der Waals surface area contributed by atoms with E-state index in [0.717, 1.165) is 18.4 Å². The SMILES string of the molecule is CCCc1ccc(S(=O)(=O)Nc2ccccc2N2CCNC(=O)C2)cc1. The molecule has 138 valence electrons. The minimum absolute atomic E-state index is 0.0691. The van der Waals surface area contributed by atoms with E-state index in [-0.39, 0.29) is 17.3 Å². The first-order valence-corrected chi connectivity index (χ1v) is 10.2. The number of anilines is 2. The first-order valence-electron chi connectivity index (χ1n) is 8.72. The van der Waals surface area contributed by atoms with Crippen LogP contribution in [0.1, 0.15) is 18.9 Å². The maximum Gasteiger partial charge on any atom is 0.261 e. The highest BCUT2D eigenvalue weighted by molar-refractivity contribution is 7.92. The van der Waals surface area contributed by atoms with E-state index < -0.39 is 10.0 Å². The Bertz CT molecular complexity index is 879. The lowest BCUT2D eigenvalue weighted by Crippen LogP contribution is -2.47. The lowest BCUT2D eigenvalue weighted by Gasteiger charge is -2.30. The van der Waals surface area contributed by atoms with E-state index in [1.54, 1.807) is 24.3 Å². The maximum atomic E-state index is 12.8. The van der Waals surface area contributed by atoms with Crippen molar-refractivity contribution in [2.24, 2.45) is 0 Å². The molecule has 2 aromatic carbocycles. The van der Waals surface area contributed by atoms with Gasteiger partial charge in [-0.3, -0.25) is 9.52 Å². The Balaban J connectivity index is 1.84. The third kappa shape index (κ3) is 4.16. The zero-order chi connectivity index (χ0) is 18.6. The summed E-state index contributed by atoms with van der Waals surface area (Å²) < 4.78 is 28.2. The second-order valence-corrected chi connectivity index (χ2v) is 7.97. The Morgan fingerprint density at radius 2 is 1.85 bits per heavy atom. The molecule has 1 heterocycles. The van der Waals surface area contributed by atoms with Gasteiger partial charge in [0.05, 0.1) is 22.8 Å². The molecule has 0 aliphatic carbocycles. The summed E-state index contributed by atoms with van der Waals surface area (Å²) in [5, 5.41) is 2.77. The standard InChI is InChI=1S/C19H23N3O3S/c1-2-5-15-8-10-16(11-9-15)26(24,25)21-17-6-3-4-7-18(17)22-13-12-20-19(23)14-22/h3-4,6-11,21H,2,5,12-14H2,1H3,(H,20,23). The number of nitrogens with one attached hydrogen (secondary N) is 2. The predicted octanol–water partition coefficient (Wildman–Crippen LogP) is 2.38. The smallest absolute Gasteiger partial charge is 0.261 e. The van der Waals surface area contributed by atoms with Crippen LogP contribution in [-0.2, 0) is 21.2 Å². The molecular formula is C19H23N3O3S. The number of amides is 1. The van der Waals surface area contributed by atoms with Crippen LogP contribution in [0.5, 0.6) is 0 Å². The zero-order valence-electron chi connectivity index (χ0n) is 14.7. The third-order valence-electron chi connectivity index (χ3n) is 4.30. The molecule has 3 rings (SSSR count). The topological polar surface area (TPSA) is 78.5 Å². The number of hydrogen-bond donors (Lipinski definition) is 2. The number of aryl methyl sites for hydroxylation is 1. The van der Waals surface area contributed by atoms with E-state index in [0.29, 0.717) is 24.5 Å². The quantitative estimate of drug-likeness (QED) is 0.815. The Morgan fingerprint density at radius 1 is 1.12 bits per heavy atom. The van der Waals surface area contributed by atoms with Crippen LogP contribution in [-0.4, -0.2) is 34.0 Å². The first-order chi connectivity index (χ1) is 12.5. The summed E-state index contributed by atoms with van der Waals surface area (Å²) >= 11 is 0. The number of piperazine rings is 1. The predicted molar refractivity (Wildman–Crippen MR) is 103 cm³/mol. The summed E-state index contributed by atoms with van der Waals surface area (Å²) in [6, 6.07) is 14.1. The molecule has 7 heteroatoms. The first kappa shape index (κ1) is 18.3. The van der Waals surface area contributed by atoms with Crippen LogP contribution in [0.15, 0.2) is 53.4 Å². The van der Waals surface area contributed by atoms with Gasteiger partial charge < -0.3 is 10.2 Å². The van der Waals surface area contributed by atoms with Gasteiger partial charge in [0.25, 0.3) is 10.0 Å². The summed E-state index contributed by atoms with van der Waals surface area (Å²) in [5.74, 6) is -0.0691. The molecule has 1 fully saturated rings.